The lowest BCUT2D eigenvalue weighted by Crippen LogP contribution is -2.36. The van der Waals surface area contributed by atoms with Crippen LogP contribution < -0.4 is 0 Å². The van der Waals surface area contributed by atoms with E-state index in [1.165, 1.54) is 12.1 Å². The van der Waals surface area contributed by atoms with Crippen LogP contribution in [0.25, 0.3) is 6.08 Å². The fourth-order valence-corrected chi connectivity index (χ4v) is 2.96. The molecule has 0 bridgehead atoms. The third kappa shape index (κ3) is 5.26. The van der Waals surface area contributed by atoms with Crippen molar-refractivity contribution < 1.29 is 22.7 Å². The van der Waals surface area contributed by atoms with Gasteiger partial charge in [-0.25, -0.2) is 4.79 Å². The molecule has 1 amide bonds. The minimum Gasteiger partial charge on any atom is -0.444 e. The van der Waals surface area contributed by atoms with E-state index in [1.54, 1.807) is 4.90 Å². The highest BCUT2D eigenvalue weighted by Crippen LogP contribution is 2.37. The second kappa shape index (κ2) is 6.97. The van der Waals surface area contributed by atoms with Crippen LogP contribution in [0.1, 0.15) is 45.7 Å². The van der Waals surface area contributed by atoms with Crippen molar-refractivity contribution in [3.05, 3.63) is 41.5 Å². The first-order valence-corrected chi connectivity index (χ1v) is 8.61. The molecule has 1 atom stereocenters. The molecular formula is C20H26F3NO2. The van der Waals surface area contributed by atoms with Crippen molar-refractivity contribution in [2.75, 3.05) is 13.1 Å². The molecule has 144 valence electrons. The summed E-state index contributed by atoms with van der Waals surface area (Å²) in [4.78, 5) is 14.0. The Balaban J connectivity index is 2.06. The number of hydrogen-bond acceptors (Lipinski definition) is 2. The molecule has 1 heterocycles. The van der Waals surface area contributed by atoms with Gasteiger partial charge in [0, 0.05) is 19.0 Å². The van der Waals surface area contributed by atoms with Crippen LogP contribution in [0, 0.1) is 11.3 Å². The number of carbonyl (C=O) groups excluding carboxylic acids is 1. The molecule has 1 fully saturated rings. The number of nitrogens with zero attached hydrogens (tertiary/aromatic N) is 1. The molecule has 0 aliphatic carbocycles. The molecule has 2 rings (SSSR count). The topological polar surface area (TPSA) is 29.5 Å². The third-order valence-corrected chi connectivity index (χ3v) is 4.43. The van der Waals surface area contributed by atoms with Crippen molar-refractivity contribution in [3.63, 3.8) is 0 Å². The first kappa shape index (κ1) is 20.3. The van der Waals surface area contributed by atoms with Crippen molar-refractivity contribution in [3.8, 4) is 0 Å². The van der Waals surface area contributed by atoms with Crippen molar-refractivity contribution in [1.82, 2.24) is 4.90 Å². The molecule has 6 heteroatoms. The largest absolute Gasteiger partial charge is 0.444 e. The molecule has 1 aliphatic rings. The second-order valence-electron chi connectivity index (χ2n) is 8.43. The Morgan fingerprint density at radius 3 is 2.27 bits per heavy atom. The molecule has 1 saturated heterocycles. The summed E-state index contributed by atoms with van der Waals surface area (Å²) in [6.45, 7) is 10.7. The van der Waals surface area contributed by atoms with Crippen molar-refractivity contribution >= 4 is 12.2 Å². The van der Waals surface area contributed by atoms with Gasteiger partial charge in [-0.05, 0) is 43.9 Å². The van der Waals surface area contributed by atoms with Gasteiger partial charge < -0.3 is 9.64 Å². The predicted octanol–water partition coefficient (Wildman–Crippen LogP) is 5.61. The van der Waals surface area contributed by atoms with E-state index < -0.39 is 17.3 Å². The minimum atomic E-state index is -4.33. The van der Waals surface area contributed by atoms with Crippen LogP contribution >= 0.6 is 0 Å². The number of halogens is 3. The Morgan fingerprint density at radius 2 is 1.77 bits per heavy atom. The number of carbonyl (C=O) groups is 1. The van der Waals surface area contributed by atoms with Crippen LogP contribution in [0.3, 0.4) is 0 Å². The van der Waals surface area contributed by atoms with E-state index in [4.69, 9.17) is 4.74 Å². The van der Waals surface area contributed by atoms with Gasteiger partial charge in [0.2, 0.25) is 0 Å². The van der Waals surface area contributed by atoms with Gasteiger partial charge in [0.25, 0.3) is 0 Å². The van der Waals surface area contributed by atoms with Gasteiger partial charge in [0.15, 0.2) is 0 Å². The Kier molecular flexibility index (Phi) is 5.45. The van der Waals surface area contributed by atoms with Crippen LogP contribution in [0.2, 0.25) is 0 Å². The van der Waals surface area contributed by atoms with E-state index in [0.717, 1.165) is 12.1 Å². The molecule has 0 saturated carbocycles. The molecule has 1 aliphatic heterocycles. The zero-order valence-corrected chi connectivity index (χ0v) is 15.9. The Labute approximate surface area is 152 Å². The van der Waals surface area contributed by atoms with Gasteiger partial charge >= 0.3 is 12.3 Å². The highest BCUT2D eigenvalue weighted by Gasteiger charge is 2.41. The maximum atomic E-state index is 12.6. The average Bonchev–Trinajstić information content (AvgIpc) is 2.78. The van der Waals surface area contributed by atoms with Crippen molar-refractivity contribution in [1.29, 1.82) is 0 Å². The van der Waals surface area contributed by atoms with Crippen molar-refractivity contribution in [2.45, 2.75) is 46.4 Å². The van der Waals surface area contributed by atoms with E-state index in [-0.39, 0.29) is 17.4 Å². The molecule has 26 heavy (non-hydrogen) atoms. The van der Waals surface area contributed by atoms with Gasteiger partial charge in [-0.15, -0.1) is 0 Å². The van der Waals surface area contributed by atoms with Crippen LogP contribution in [0.15, 0.2) is 30.3 Å². The van der Waals surface area contributed by atoms with Gasteiger partial charge in [0.05, 0.1) is 5.56 Å². The second-order valence-corrected chi connectivity index (χ2v) is 8.43. The van der Waals surface area contributed by atoms with E-state index in [2.05, 4.69) is 13.8 Å². The van der Waals surface area contributed by atoms with Crippen molar-refractivity contribution in [2.24, 2.45) is 11.3 Å². The summed E-state index contributed by atoms with van der Waals surface area (Å²) in [5, 5.41) is 0. The molecule has 0 spiro atoms. The number of benzene rings is 1. The summed E-state index contributed by atoms with van der Waals surface area (Å²) >= 11 is 0. The standard InChI is InChI=1S/C20H26F3NO2/c1-18(2,3)26-17(25)24-12-16(19(4,5)13-24)11-8-14-6-9-15(10-7-14)20(21,22)23/h6-11,16H,12-13H2,1-5H3/b11-8+. The number of hydrogen-bond donors (Lipinski definition) is 0. The summed E-state index contributed by atoms with van der Waals surface area (Å²) in [5.41, 5.74) is -0.647. The van der Waals surface area contributed by atoms with Gasteiger partial charge in [0.1, 0.15) is 5.60 Å². The molecule has 0 radical (unpaired) electrons. The van der Waals surface area contributed by atoms with Gasteiger partial charge in [-0.1, -0.05) is 38.1 Å². The SMILES string of the molecule is CC(C)(C)OC(=O)N1CC(/C=C/c2ccc(C(F)(F)F)cc2)C(C)(C)C1. The first-order chi connectivity index (χ1) is 11.8. The van der Waals surface area contributed by atoms with Crippen LogP contribution in [0.4, 0.5) is 18.0 Å². The molecule has 1 unspecified atom stereocenters. The first-order valence-electron chi connectivity index (χ1n) is 8.61. The lowest BCUT2D eigenvalue weighted by atomic mass is 9.82. The summed E-state index contributed by atoms with van der Waals surface area (Å²) in [7, 11) is 0. The van der Waals surface area contributed by atoms with Crippen LogP contribution in [-0.2, 0) is 10.9 Å². The Bertz CT molecular complexity index is 670. The normalized spacial score (nSPS) is 20.6. The summed E-state index contributed by atoms with van der Waals surface area (Å²) in [5.74, 6) is 0.0947. The van der Waals surface area contributed by atoms with Gasteiger partial charge in [-0.3, -0.25) is 0 Å². The molecule has 1 aromatic carbocycles. The van der Waals surface area contributed by atoms with E-state index >= 15 is 0 Å². The minimum absolute atomic E-state index is 0.0947. The van der Waals surface area contributed by atoms with Crippen LogP contribution in [-0.4, -0.2) is 29.7 Å². The quantitative estimate of drug-likeness (QED) is 0.678. The van der Waals surface area contributed by atoms with E-state index in [9.17, 15) is 18.0 Å². The summed E-state index contributed by atoms with van der Waals surface area (Å²) in [6.07, 6.45) is -0.891. The van der Waals surface area contributed by atoms with Gasteiger partial charge in [-0.2, -0.15) is 13.2 Å². The average molecular weight is 369 g/mol. The highest BCUT2D eigenvalue weighted by atomic mass is 19.4. The lowest BCUT2D eigenvalue weighted by molar-refractivity contribution is -0.137. The maximum absolute atomic E-state index is 12.6. The highest BCUT2D eigenvalue weighted by molar-refractivity contribution is 5.69. The fraction of sp³-hybridized carbons (Fsp3) is 0.550. The molecular weight excluding hydrogens is 343 g/mol. The lowest BCUT2D eigenvalue weighted by Gasteiger charge is -2.25. The van der Waals surface area contributed by atoms with E-state index in [1.807, 2.05) is 32.9 Å². The Morgan fingerprint density at radius 1 is 1.19 bits per heavy atom. The zero-order chi connectivity index (χ0) is 19.8. The summed E-state index contributed by atoms with van der Waals surface area (Å²) in [6, 6.07) is 5.05. The monoisotopic (exact) mass is 369 g/mol. The summed E-state index contributed by atoms with van der Waals surface area (Å²) < 4.78 is 43.3. The maximum Gasteiger partial charge on any atom is 0.416 e. The Hall–Kier alpha value is -1.98. The number of likely N-dealkylation sites (tertiary alicyclic amines) is 1. The number of rotatable bonds is 2. The number of ether oxygens (including phenoxy) is 1. The number of alkyl halides is 3. The smallest absolute Gasteiger partial charge is 0.416 e. The van der Waals surface area contributed by atoms with Crippen LogP contribution in [0.5, 0.6) is 0 Å². The molecule has 1 aromatic rings. The molecule has 0 N–H and O–H groups in total. The van der Waals surface area contributed by atoms with E-state index in [0.29, 0.717) is 18.7 Å². The number of amides is 1. The molecule has 3 nitrogen and oxygen atoms in total. The fourth-order valence-electron chi connectivity index (χ4n) is 2.96. The zero-order valence-electron chi connectivity index (χ0n) is 15.9. The predicted molar refractivity (Wildman–Crippen MR) is 95.6 cm³/mol. The third-order valence-electron chi connectivity index (χ3n) is 4.43. The molecule has 0 aromatic heterocycles.